The van der Waals surface area contributed by atoms with Crippen molar-refractivity contribution in [2.24, 2.45) is 5.73 Å². The zero-order valence-corrected chi connectivity index (χ0v) is 10.4. The largest absolute Gasteiger partial charge is 0.354 e. The summed E-state index contributed by atoms with van der Waals surface area (Å²) in [7, 11) is 0. The van der Waals surface area contributed by atoms with Crippen molar-refractivity contribution >= 4 is 11.8 Å². The zero-order chi connectivity index (χ0) is 12.5. The fraction of sp³-hybridized carbons (Fsp3) is 0.833. The molecule has 1 heterocycles. The molecule has 0 atom stereocenters. The molecular weight excluding hydrogens is 218 g/mol. The van der Waals surface area contributed by atoms with Crippen LogP contribution in [-0.4, -0.2) is 42.9 Å². The van der Waals surface area contributed by atoms with E-state index in [1.807, 2.05) is 0 Å². The Balaban J connectivity index is 2.19. The predicted octanol–water partition coefficient (Wildman–Crippen LogP) is 0.244. The third-order valence-electron chi connectivity index (χ3n) is 2.96. The van der Waals surface area contributed by atoms with Gasteiger partial charge in [-0.1, -0.05) is 12.8 Å². The van der Waals surface area contributed by atoms with Crippen LogP contribution in [0.2, 0.25) is 0 Å². The summed E-state index contributed by atoms with van der Waals surface area (Å²) in [6.07, 6.45) is 5.47. The number of hydrogen-bond donors (Lipinski definition) is 2. The average molecular weight is 241 g/mol. The molecule has 0 radical (unpaired) electrons. The molecule has 0 bridgehead atoms. The average Bonchev–Trinajstić information content (AvgIpc) is 2.53. The molecule has 0 aliphatic carbocycles. The van der Waals surface area contributed by atoms with Gasteiger partial charge in [0.15, 0.2) is 0 Å². The van der Waals surface area contributed by atoms with E-state index in [2.05, 4.69) is 5.32 Å². The van der Waals surface area contributed by atoms with Crippen molar-refractivity contribution in [1.82, 2.24) is 10.2 Å². The van der Waals surface area contributed by atoms with Crippen LogP contribution in [0.4, 0.5) is 0 Å². The Hall–Kier alpha value is -1.10. The molecule has 0 aromatic heterocycles. The first-order valence-corrected chi connectivity index (χ1v) is 6.48. The minimum Gasteiger partial charge on any atom is -0.354 e. The van der Waals surface area contributed by atoms with Gasteiger partial charge in [-0.25, -0.2) is 0 Å². The highest BCUT2D eigenvalue weighted by Crippen LogP contribution is 2.06. The number of carbonyl (C=O) groups excluding carboxylic acids is 2. The first kappa shape index (κ1) is 14.0. The molecule has 5 nitrogen and oxygen atoms in total. The monoisotopic (exact) mass is 241 g/mol. The van der Waals surface area contributed by atoms with Crippen LogP contribution in [0.1, 0.15) is 38.5 Å². The van der Waals surface area contributed by atoms with Crippen LogP contribution in [0.25, 0.3) is 0 Å². The van der Waals surface area contributed by atoms with Gasteiger partial charge in [0.1, 0.15) is 0 Å². The quantitative estimate of drug-likeness (QED) is 0.654. The summed E-state index contributed by atoms with van der Waals surface area (Å²) in [6.45, 7) is 2.32. The van der Waals surface area contributed by atoms with E-state index < -0.39 is 0 Å². The van der Waals surface area contributed by atoms with Crippen molar-refractivity contribution in [3.05, 3.63) is 0 Å². The highest BCUT2D eigenvalue weighted by Gasteiger charge is 2.18. The van der Waals surface area contributed by atoms with Gasteiger partial charge in [0.2, 0.25) is 11.8 Å². The van der Waals surface area contributed by atoms with Crippen molar-refractivity contribution in [2.45, 2.75) is 38.5 Å². The first-order valence-electron chi connectivity index (χ1n) is 6.48. The third kappa shape index (κ3) is 5.68. The lowest BCUT2D eigenvalue weighted by Gasteiger charge is -2.18. The minimum atomic E-state index is -0.0426. The van der Waals surface area contributed by atoms with Gasteiger partial charge in [-0.15, -0.1) is 0 Å². The molecule has 0 unspecified atom stereocenters. The fourth-order valence-electron chi connectivity index (χ4n) is 1.95. The predicted molar refractivity (Wildman–Crippen MR) is 66.3 cm³/mol. The molecule has 0 saturated carbocycles. The van der Waals surface area contributed by atoms with Crippen molar-refractivity contribution in [1.29, 1.82) is 0 Å². The maximum absolute atomic E-state index is 11.9. The van der Waals surface area contributed by atoms with Crippen LogP contribution in [0.15, 0.2) is 0 Å². The van der Waals surface area contributed by atoms with Crippen LogP contribution >= 0.6 is 0 Å². The molecule has 17 heavy (non-hydrogen) atoms. The Labute approximate surface area is 103 Å². The van der Waals surface area contributed by atoms with E-state index in [9.17, 15) is 9.59 Å². The summed E-state index contributed by atoms with van der Waals surface area (Å²) in [5, 5.41) is 2.77. The summed E-state index contributed by atoms with van der Waals surface area (Å²) in [4.78, 5) is 24.8. The maximum atomic E-state index is 11.9. The van der Waals surface area contributed by atoms with Crippen molar-refractivity contribution in [2.75, 3.05) is 26.2 Å². The van der Waals surface area contributed by atoms with E-state index >= 15 is 0 Å². The molecule has 1 rings (SSSR count). The molecule has 0 aromatic rings. The van der Waals surface area contributed by atoms with Gasteiger partial charge in [0.25, 0.3) is 0 Å². The van der Waals surface area contributed by atoms with Gasteiger partial charge < -0.3 is 16.0 Å². The SMILES string of the molecule is NCCCCCCC(=O)N1CCCNC(=O)C1. The number of rotatable bonds is 6. The normalized spacial score (nSPS) is 16.5. The zero-order valence-electron chi connectivity index (χ0n) is 10.4. The third-order valence-corrected chi connectivity index (χ3v) is 2.96. The van der Waals surface area contributed by atoms with E-state index in [0.717, 1.165) is 38.6 Å². The van der Waals surface area contributed by atoms with Crippen molar-refractivity contribution < 1.29 is 9.59 Å². The highest BCUT2D eigenvalue weighted by atomic mass is 16.2. The van der Waals surface area contributed by atoms with E-state index in [1.165, 1.54) is 0 Å². The summed E-state index contributed by atoms with van der Waals surface area (Å²) in [6, 6.07) is 0. The molecule has 2 amide bonds. The maximum Gasteiger partial charge on any atom is 0.239 e. The van der Waals surface area contributed by atoms with Gasteiger partial charge in [0, 0.05) is 19.5 Å². The number of unbranched alkanes of at least 4 members (excludes halogenated alkanes) is 3. The lowest BCUT2D eigenvalue weighted by Crippen LogP contribution is -2.37. The summed E-state index contributed by atoms with van der Waals surface area (Å²) in [5.41, 5.74) is 5.40. The van der Waals surface area contributed by atoms with Crippen LogP contribution < -0.4 is 11.1 Å². The molecule has 0 aromatic carbocycles. The fourth-order valence-corrected chi connectivity index (χ4v) is 1.95. The van der Waals surface area contributed by atoms with Crippen LogP contribution in [0.5, 0.6) is 0 Å². The van der Waals surface area contributed by atoms with E-state index in [-0.39, 0.29) is 18.4 Å². The van der Waals surface area contributed by atoms with Gasteiger partial charge in [-0.05, 0) is 25.8 Å². The lowest BCUT2D eigenvalue weighted by atomic mass is 10.1. The second-order valence-corrected chi connectivity index (χ2v) is 4.47. The summed E-state index contributed by atoms with van der Waals surface area (Å²) >= 11 is 0. The molecule has 98 valence electrons. The molecule has 5 heteroatoms. The summed E-state index contributed by atoms with van der Waals surface area (Å²) < 4.78 is 0. The van der Waals surface area contributed by atoms with E-state index in [4.69, 9.17) is 5.73 Å². The van der Waals surface area contributed by atoms with Crippen molar-refractivity contribution in [3.63, 3.8) is 0 Å². The second-order valence-electron chi connectivity index (χ2n) is 4.47. The first-order chi connectivity index (χ1) is 8.24. The molecule has 1 fully saturated rings. The van der Waals surface area contributed by atoms with E-state index in [1.54, 1.807) is 4.90 Å². The molecular formula is C12H23N3O2. The number of hydrogen-bond acceptors (Lipinski definition) is 3. The molecule has 0 spiro atoms. The lowest BCUT2D eigenvalue weighted by molar-refractivity contribution is -0.135. The number of nitrogens with zero attached hydrogens (tertiary/aromatic N) is 1. The van der Waals surface area contributed by atoms with Gasteiger partial charge in [-0.3, -0.25) is 9.59 Å². The molecule has 3 N–H and O–H groups in total. The van der Waals surface area contributed by atoms with E-state index in [0.29, 0.717) is 19.5 Å². The summed E-state index contributed by atoms with van der Waals surface area (Å²) in [5.74, 6) is 0.0637. The Morgan fingerprint density at radius 3 is 2.82 bits per heavy atom. The Morgan fingerprint density at radius 1 is 1.29 bits per heavy atom. The molecule has 1 aliphatic heterocycles. The topological polar surface area (TPSA) is 75.4 Å². The number of nitrogens with one attached hydrogen (secondary N) is 1. The smallest absolute Gasteiger partial charge is 0.239 e. The molecule has 1 aliphatic rings. The number of carbonyl (C=O) groups is 2. The van der Waals surface area contributed by atoms with Crippen molar-refractivity contribution in [3.8, 4) is 0 Å². The van der Waals surface area contributed by atoms with Crippen LogP contribution in [0.3, 0.4) is 0 Å². The Kier molecular flexibility index (Phi) is 6.62. The van der Waals surface area contributed by atoms with Crippen LogP contribution in [0, 0.1) is 0 Å². The van der Waals surface area contributed by atoms with Gasteiger partial charge in [0.05, 0.1) is 6.54 Å². The van der Waals surface area contributed by atoms with Crippen LogP contribution in [-0.2, 0) is 9.59 Å². The standard InChI is InChI=1S/C12H23N3O2/c13-7-4-2-1-3-6-12(17)15-9-5-8-14-11(16)10-15/h1-10,13H2,(H,14,16). The highest BCUT2D eigenvalue weighted by molar-refractivity contribution is 5.85. The van der Waals surface area contributed by atoms with Gasteiger partial charge >= 0.3 is 0 Å². The number of nitrogens with two attached hydrogens (primary N) is 1. The van der Waals surface area contributed by atoms with Gasteiger partial charge in [-0.2, -0.15) is 0 Å². The Bertz CT molecular complexity index is 256. The second kappa shape index (κ2) is 8.06. The minimum absolute atomic E-state index is 0.0426. The molecule has 1 saturated heterocycles. The number of amides is 2. The Morgan fingerprint density at radius 2 is 2.06 bits per heavy atom.